The Kier molecular flexibility index (Phi) is 4.79. The highest BCUT2D eigenvalue weighted by Crippen LogP contribution is 2.20. The van der Waals surface area contributed by atoms with Gasteiger partial charge in [0, 0.05) is 17.0 Å². The number of carbonyl (C=O) groups excluding carboxylic acids is 1. The van der Waals surface area contributed by atoms with E-state index in [1.165, 1.54) is 10.4 Å². The second-order valence-corrected chi connectivity index (χ2v) is 6.08. The van der Waals surface area contributed by atoms with Gasteiger partial charge in [-0.3, -0.25) is 4.79 Å². The molecular weight excluding hydrogens is 268 g/mol. The first-order chi connectivity index (χ1) is 9.56. The minimum Gasteiger partial charge on any atom is -0.399 e. The molecule has 0 bridgehead atoms. The van der Waals surface area contributed by atoms with E-state index in [0.29, 0.717) is 13.0 Å². The number of nitrogen functional groups attached to an aromatic ring is 1. The molecule has 0 radical (unpaired) electrons. The zero-order chi connectivity index (χ0) is 14.5. The van der Waals surface area contributed by atoms with Crippen LogP contribution in [0.15, 0.2) is 35.7 Å². The fourth-order valence-electron chi connectivity index (χ4n) is 2.06. The van der Waals surface area contributed by atoms with Crippen LogP contribution in [-0.2, 0) is 11.3 Å². The lowest BCUT2D eigenvalue weighted by Crippen LogP contribution is -2.23. The molecule has 0 aliphatic carbocycles. The Balaban J connectivity index is 1.85. The van der Waals surface area contributed by atoms with E-state index in [2.05, 4.69) is 25.2 Å². The maximum absolute atomic E-state index is 12.0. The molecule has 1 heterocycles. The number of nitrogens with two attached hydrogens (primary N) is 1. The van der Waals surface area contributed by atoms with Crippen LogP contribution in [0.4, 0.5) is 5.69 Å². The van der Waals surface area contributed by atoms with Crippen LogP contribution in [0, 0.1) is 6.92 Å². The number of aryl methyl sites for hydroxylation is 1. The minimum atomic E-state index is 0.0853. The summed E-state index contributed by atoms with van der Waals surface area (Å²) in [6.07, 6.45) is 0.494. The number of hydrogen-bond donors (Lipinski definition) is 2. The van der Waals surface area contributed by atoms with Crippen molar-refractivity contribution in [2.75, 3.05) is 5.73 Å². The standard InChI is InChI=1S/C16H20N2OS/c1-11-7-8-20-15(11)10-18-16(19)9-12(2)13-3-5-14(17)6-4-13/h3-8,12H,9-10,17H2,1-2H3,(H,18,19). The molecule has 20 heavy (non-hydrogen) atoms. The summed E-state index contributed by atoms with van der Waals surface area (Å²) in [6.45, 7) is 4.74. The van der Waals surface area contributed by atoms with Crippen molar-refractivity contribution >= 4 is 22.9 Å². The smallest absolute Gasteiger partial charge is 0.220 e. The maximum Gasteiger partial charge on any atom is 0.220 e. The highest BCUT2D eigenvalue weighted by atomic mass is 32.1. The molecule has 0 spiro atoms. The van der Waals surface area contributed by atoms with Crippen LogP contribution in [0.5, 0.6) is 0 Å². The zero-order valence-corrected chi connectivity index (χ0v) is 12.7. The van der Waals surface area contributed by atoms with Crippen LogP contribution >= 0.6 is 11.3 Å². The lowest BCUT2D eigenvalue weighted by Gasteiger charge is -2.12. The molecule has 1 aromatic carbocycles. The van der Waals surface area contributed by atoms with E-state index in [0.717, 1.165) is 11.3 Å². The summed E-state index contributed by atoms with van der Waals surface area (Å²) in [5.41, 5.74) is 8.79. The molecule has 1 unspecified atom stereocenters. The third-order valence-electron chi connectivity index (χ3n) is 3.41. The molecule has 0 aliphatic rings. The van der Waals surface area contributed by atoms with Crippen LogP contribution in [0.1, 0.15) is 35.3 Å². The first-order valence-corrected chi connectivity index (χ1v) is 7.59. The van der Waals surface area contributed by atoms with Crippen molar-refractivity contribution in [3.63, 3.8) is 0 Å². The zero-order valence-electron chi connectivity index (χ0n) is 11.8. The van der Waals surface area contributed by atoms with Gasteiger partial charge in [0.1, 0.15) is 0 Å². The van der Waals surface area contributed by atoms with Gasteiger partial charge in [0.15, 0.2) is 0 Å². The van der Waals surface area contributed by atoms with E-state index in [1.54, 1.807) is 11.3 Å². The maximum atomic E-state index is 12.0. The lowest BCUT2D eigenvalue weighted by atomic mass is 9.97. The molecule has 1 atom stereocenters. The SMILES string of the molecule is Cc1ccsc1CNC(=O)CC(C)c1ccc(N)cc1. The van der Waals surface area contributed by atoms with Gasteiger partial charge in [-0.1, -0.05) is 19.1 Å². The van der Waals surface area contributed by atoms with E-state index in [4.69, 9.17) is 5.73 Å². The molecule has 3 N–H and O–H groups in total. The normalized spacial score (nSPS) is 12.1. The quantitative estimate of drug-likeness (QED) is 0.828. The summed E-state index contributed by atoms with van der Waals surface area (Å²) in [4.78, 5) is 13.2. The Morgan fingerprint density at radius 1 is 1.30 bits per heavy atom. The Labute approximate surface area is 123 Å². The number of nitrogens with one attached hydrogen (secondary N) is 1. The van der Waals surface area contributed by atoms with Crippen molar-refractivity contribution < 1.29 is 4.79 Å². The fourth-order valence-corrected chi connectivity index (χ4v) is 2.90. The Morgan fingerprint density at radius 3 is 2.60 bits per heavy atom. The molecular formula is C16H20N2OS. The van der Waals surface area contributed by atoms with Crippen LogP contribution in [-0.4, -0.2) is 5.91 Å². The predicted molar refractivity (Wildman–Crippen MR) is 84.8 cm³/mol. The largest absolute Gasteiger partial charge is 0.399 e. The second-order valence-electron chi connectivity index (χ2n) is 5.08. The third kappa shape index (κ3) is 3.84. The molecule has 0 saturated carbocycles. The van der Waals surface area contributed by atoms with Gasteiger partial charge in [0.05, 0.1) is 6.54 Å². The van der Waals surface area contributed by atoms with Gasteiger partial charge in [0.2, 0.25) is 5.91 Å². The summed E-state index contributed by atoms with van der Waals surface area (Å²) < 4.78 is 0. The molecule has 2 rings (SSSR count). The Hall–Kier alpha value is -1.81. The Morgan fingerprint density at radius 2 is 2.00 bits per heavy atom. The van der Waals surface area contributed by atoms with Crippen LogP contribution < -0.4 is 11.1 Å². The van der Waals surface area contributed by atoms with Crippen molar-refractivity contribution in [3.05, 3.63) is 51.7 Å². The van der Waals surface area contributed by atoms with Gasteiger partial charge < -0.3 is 11.1 Å². The van der Waals surface area contributed by atoms with Crippen molar-refractivity contribution in [2.45, 2.75) is 32.7 Å². The van der Waals surface area contributed by atoms with Gasteiger partial charge in [-0.05, 0) is 47.5 Å². The predicted octanol–water partition coefficient (Wildman–Crippen LogP) is 3.45. The fraction of sp³-hybridized carbons (Fsp3) is 0.312. The summed E-state index contributed by atoms with van der Waals surface area (Å²) in [7, 11) is 0. The van der Waals surface area contributed by atoms with Crippen molar-refractivity contribution in [1.82, 2.24) is 5.32 Å². The number of amides is 1. The molecule has 0 aliphatic heterocycles. The Bertz CT molecular complexity index is 574. The van der Waals surface area contributed by atoms with Crippen molar-refractivity contribution in [3.8, 4) is 0 Å². The van der Waals surface area contributed by atoms with E-state index < -0.39 is 0 Å². The molecule has 3 nitrogen and oxygen atoms in total. The monoisotopic (exact) mass is 288 g/mol. The average molecular weight is 288 g/mol. The molecule has 106 valence electrons. The molecule has 1 amide bonds. The van der Waals surface area contributed by atoms with Gasteiger partial charge in [-0.25, -0.2) is 0 Å². The average Bonchev–Trinajstić information content (AvgIpc) is 2.82. The number of hydrogen-bond acceptors (Lipinski definition) is 3. The number of rotatable bonds is 5. The summed E-state index contributed by atoms with van der Waals surface area (Å²) >= 11 is 1.68. The van der Waals surface area contributed by atoms with Crippen LogP contribution in [0.2, 0.25) is 0 Å². The number of thiophene rings is 1. The third-order valence-corrected chi connectivity index (χ3v) is 4.43. The highest BCUT2D eigenvalue weighted by molar-refractivity contribution is 7.10. The van der Waals surface area contributed by atoms with Crippen molar-refractivity contribution in [2.24, 2.45) is 0 Å². The second kappa shape index (κ2) is 6.57. The molecule has 1 aromatic heterocycles. The number of carbonyl (C=O) groups is 1. The van der Waals surface area contributed by atoms with Crippen LogP contribution in [0.25, 0.3) is 0 Å². The minimum absolute atomic E-state index is 0.0853. The van der Waals surface area contributed by atoms with E-state index in [-0.39, 0.29) is 11.8 Å². The lowest BCUT2D eigenvalue weighted by molar-refractivity contribution is -0.121. The summed E-state index contributed by atoms with van der Waals surface area (Å²) in [5.74, 6) is 0.280. The molecule has 2 aromatic rings. The van der Waals surface area contributed by atoms with Gasteiger partial charge in [0.25, 0.3) is 0 Å². The molecule has 0 fully saturated rings. The summed E-state index contributed by atoms with van der Waals surface area (Å²) in [6, 6.07) is 9.79. The number of anilines is 1. The molecule has 4 heteroatoms. The van der Waals surface area contributed by atoms with E-state index in [1.807, 2.05) is 29.6 Å². The first-order valence-electron chi connectivity index (χ1n) is 6.71. The van der Waals surface area contributed by atoms with E-state index >= 15 is 0 Å². The van der Waals surface area contributed by atoms with Gasteiger partial charge >= 0.3 is 0 Å². The van der Waals surface area contributed by atoms with E-state index in [9.17, 15) is 4.79 Å². The van der Waals surface area contributed by atoms with Gasteiger partial charge in [-0.15, -0.1) is 11.3 Å². The topological polar surface area (TPSA) is 55.1 Å². The van der Waals surface area contributed by atoms with Crippen molar-refractivity contribution in [1.29, 1.82) is 0 Å². The number of benzene rings is 1. The summed E-state index contributed by atoms with van der Waals surface area (Å²) in [5, 5.41) is 5.03. The molecule has 0 saturated heterocycles. The van der Waals surface area contributed by atoms with Gasteiger partial charge in [-0.2, -0.15) is 0 Å². The highest BCUT2D eigenvalue weighted by Gasteiger charge is 2.11. The first kappa shape index (κ1) is 14.6. The van der Waals surface area contributed by atoms with Crippen LogP contribution in [0.3, 0.4) is 0 Å².